The van der Waals surface area contributed by atoms with Crippen molar-refractivity contribution in [3.8, 4) is 11.5 Å². The number of fused-ring (bicyclic) bond motifs is 1. The van der Waals surface area contributed by atoms with Crippen LogP contribution in [0, 0.1) is 0 Å². The van der Waals surface area contributed by atoms with E-state index in [1.165, 1.54) is 12.1 Å². The number of hydrogen-bond acceptors (Lipinski definition) is 6. The van der Waals surface area contributed by atoms with Crippen LogP contribution in [0.5, 0.6) is 11.5 Å². The van der Waals surface area contributed by atoms with Gasteiger partial charge in [-0.15, -0.1) is 0 Å². The Bertz CT molecular complexity index is 619. The predicted molar refractivity (Wildman–Crippen MR) is 75.1 cm³/mol. The van der Waals surface area contributed by atoms with Gasteiger partial charge in [0.15, 0.2) is 18.1 Å². The summed E-state index contributed by atoms with van der Waals surface area (Å²) >= 11 is 6.04. The average Bonchev–Trinajstić information content (AvgIpc) is 2.69. The number of halogens is 1. The van der Waals surface area contributed by atoms with Gasteiger partial charge in [0.25, 0.3) is 5.91 Å². The largest absolute Gasteiger partial charge is 0.489 e. The van der Waals surface area contributed by atoms with Gasteiger partial charge in [0.1, 0.15) is 0 Å². The van der Waals surface area contributed by atoms with Crippen molar-refractivity contribution in [2.75, 3.05) is 19.8 Å². The normalized spacial score (nSPS) is 13.0. The van der Waals surface area contributed by atoms with Crippen molar-refractivity contribution in [2.45, 2.75) is 6.42 Å². The van der Waals surface area contributed by atoms with Gasteiger partial charge >= 0.3 is 12.0 Å². The number of imide groups is 1. The zero-order chi connectivity index (χ0) is 16.1. The quantitative estimate of drug-likeness (QED) is 0.794. The maximum Gasteiger partial charge on any atom is 0.338 e. The number of nitrogens with two attached hydrogens (primary N) is 1. The summed E-state index contributed by atoms with van der Waals surface area (Å²) in [5, 5.41) is 1.97. The molecule has 9 heteroatoms. The lowest BCUT2D eigenvalue weighted by atomic mass is 10.2. The standard InChI is InChI=1S/C13H13ClN2O6/c14-8-4-7(5-9-11(8)21-3-1-2-20-9)12(18)22-6-10(17)16-13(15)19/h4-5H,1-3,6H2,(H3,15,16,17,19). The van der Waals surface area contributed by atoms with Crippen LogP contribution in [0.1, 0.15) is 16.8 Å². The molecule has 0 saturated heterocycles. The molecule has 0 fully saturated rings. The fourth-order valence-corrected chi connectivity index (χ4v) is 2.00. The summed E-state index contributed by atoms with van der Waals surface area (Å²) < 4.78 is 15.6. The molecule has 1 aromatic rings. The molecular formula is C13H13ClN2O6. The summed E-state index contributed by atoms with van der Waals surface area (Å²) in [4.78, 5) is 33.5. The lowest BCUT2D eigenvalue weighted by molar-refractivity contribution is -0.123. The monoisotopic (exact) mass is 328 g/mol. The van der Waals surface area contributed by atoms with Gasteiger partial charge in [0.05, 0.1) is 23.8 Å². The van der Waals surface area contributed by atoms with Crippen LogP contribution in [-0.2, 0) is 9.53 Å². The minimum atomic E-state index is -1.03. The van der Waals surface area contributed by atoms with E-state index in [1.54, 1.807) is 5.32 Å². The third-order valence-electron chi connectivity index (χ3n) is 2.63. The van der Waals surface area contributed by atoms with Crippen LogP contribution in [0.4, 0.5) is 4.79 Å². The zero-order valence-electron chi connectivity index (χ0n) is 11.4. The van der Waals surface area contributed by atoms with Crippen LogP contribution in [-0.4, -0.2) is 37.7 Å². The summed E-state index contributed by atoms with van der Waals surface area (Å²) in [7, 11) is 0. The van der Waals surface area contributed by atoms with E-state index >= 15 is 0 Å². The molecule has 22 heavy (non-hydrogen) atoms. The van der Waals surface area contributed by atoms with Gasteiger partial charge in [0.2, 0.25) is 0 Å². The van der Waals surface area contributed by atoms with E-state index in [0.717, 1.165) is 0 Å². The lowest BCUT2D eigenvalue weighted by Gasteiger charge is -2.11. The molecule has 0 aliphatic carbocycles. The van der Waals surface area contributed by atoms with Crippen LogP contribution >= 0.6 is 11.6 Å². The highest BCUT2D eigenvalue weighted by Crippen LogP contribution is 2.38. The number of hydrogen-bond donors (Lipinski definition) is 2. The number of carbonyl (C=O) groups excluding carboxylic acids is 3. The first-order chi connectivity index (χ1) is 10.5. The number of rotatable bonds is 3. The predicted octanol–water partition coefficient (Wildman–Crippen LogP) is 0.853. The molecule has 0 bridgehead atoms. The third kappa shape index (κ3) is 4.01. The molecule has 8 nitrogen and oxygen atoms in total. The minimum absolute atomic E-state index is 0.0983. The average molecular weight is 329 g/mol. The fraction of sp³-hybridized carbons (Fsp3) is 0.308. The molecule has 2 rings (SSSR count). The topological polar surface area (TPSA) is 117 Å². The first-order valence-electron chi connectivity index (χ1n) is 6.33. The van der Waals surface area contributed by atoms with Gasteiger partial charge in [-0.3, -0.25) is 10.1 Å². The van der Waals surface area contributed by atoms with Gasteiger partial charge in [0, 0.05) is 6.42 Å². The third-order valence-corrected chi connectivity index (χ3v) is 2.92. The summed E-state index contributed by atoms with van der Waals surface area (Å²) in [6.07, 6.45) is 0.693. The molecule has 0 atom stereocenters. The number of benzene rings is 1. The molecule has 3 N–H and O–H groups in total. The number of urea groups is 1. The van der Waals surface area contributed by atoms with Crippen LogP contribution in [0.3, 0.4) is 0 Å². The van der Waals surface area contributed by atoms with Crippen molar-refractivity contribution in [1.82, 2.24) is 5.32 Å². The van der Waals surface area contributed by atoms with Crippen molar-refractivity contribution in [3.63, 3.8) is 0 Å². The van der Waals surface area contributed by atoms with Crippen LogP contribution in [0.2, 0.25) is 5.02 Å². The maximum atomic E-state index is 11.9. The Hall–Kier alpha value is -2.48. The van der Waals surface area contributed by atoms with E-state index in [-0.39, 0.29) is 10.6 Å². The van der Waals surface area contributed by atoms with E-state index in [9.17, 15) is 14.4 Å². The number of amides is 3. The molecule has 1 aliphatic rings. The fourth-order valence-electron chi connectivity index (χ4n) is 1.74. The van der Waals surface area contributed by atoms with E-state index in [2.05, 4.69) is 0 Å². The van der Waals surface area contributed by atoms with Gasteiger partial charge in [-0.2, -0.15) is 0 Å². The molecule has 0 unspecified atom stereocenters. The zero-order valence-corrected chi connectivity index (χ0v) is 12.1. The van der Waals surface area contributed by atoms with E-state index in [0.29, 0.717) is 31.1 Å². The highest BCUT2D eigenvalue weighted by molar-refractivity contribution is 6.32. The molecule has 0 saturated carbocycles. The highest BCUT2D eigenvalue weighted by atomic mass is 35.5. The van der Waals surface area contributed by atoms with E-state index in [4.69, 9.17) is 31.5 Å². The van der Waals surface area contributed by atoms with Crippen molar-refractivity contribution < 1.29 is 28.6 Å². The number of esters is 1. The maximum absolute atomic E-state index is 11.9. The number of ether oxygens (including phenoxy) is 3. The molecule has 0 aromatic heterocycles. The number of primary amides is 1. The first kappa shape index (κ1) is 15.9. The minimum Gasteiger partial charge on any atom is -0.489 e. The number of carbonyl (C=O) groups is 3. The second-order valence-electron chi connectivity index (χ2n) is 4.32. The molecule has 0 radical (unpaired) electrons. The van der Waals surface area contributed by atoms with E-state index < -0.39 is 24.5 Å². The Balaban J connectivity index is 2.07. The molecule has 1 aliphatic heterocycles. The van der Waals surface area contributed by atoms with Crippen molar-refractivity contribution in [2.24, 2.45) is 5.73 Å². The summed E-state index contributed by atoms with van der Waals surface area (Å²) in [5.41, 5.74) is 4.86. The first-order valence-corrected chi connectivity index (χ1v) is 6.70. The smallest absolute Gasteiger partial charge is 0.338 e. The van der Waals surface area contributed by atoms with Crippen molar-refractivity contribution >= 4 is 29.5 Å². The Morgan fingerprint density at radius 1 is 1.27 bits per heavy atom. The number of nitrogens with one attached hydrogen (secondary N) is 1. The second-order valence-corrected chi connectivity index (χ2v) is 4.73. The Kier molecular flexibility index (Phi) is 5.05. The summed E-state index contributed by atoms with van der Waals surface area (Å²) in [6, 6.07) is 1.74. The second kappa shape index (κ2) is 6.99. The lowest BCUT2D eigenvalue weighted by Crippen LogP contribution is -2.37. The molecule has 118 valence electrons. The highest BCUT2D eigenvalue weighted by Gasteiger charge is 2.19. The SMILES string of the molecule is NC(=O)NC(=O)COC(=O)c1cc(Cl)c2c(c1)OCCCO2. The Morgan fingerprint density at radius 3 is 2.73 bits per heavy atom. The molecule has 3 amide bonds. The van der Waals surface area contributed by atoms with Crippen molar-refractivity contribution in [1.29, 1.82) is 0 Å². The van der Waals surface area contributed by atoms with E-state index in [1.807, 2.05) is 0 Å². The summed E-state index contributed by atoms with van der Waals surface area (Å²) in [5.74, 6) is -0.931. The molecule has 1 aromatic carbocycles. The molecule has 0 spiro atoms. The molecule has 1 heterocycles. The van der Waals surface area contributed by atoms with Crippen LogP contribution in [0.15, 0.2) is 12.1 Å². The van der Waals surface area contributed by atoms with Gasteiger partial charge in [-0.05, 0) is 12.1 Å². The van der Waals surface area contributed by atoms with Gasteiger partial charge < -0.3 is 19.9 Å². The Labute approximate surface area is 130 Å². The Morgan fingerprint density at radius 2 is 2.00 bits per heavy atom. The summed E-state index contributed by atoms with van der Waals surface area (Å²) in [6.45, 7) is 0.250. The molecular weight excluding hydrogens is 316 g/mol. The van der Waals surface area contributed by atoms with Crippen LogP contribution < -0.4 is 20.5 Å². The van der Waals surface area contributed by atoms with Crippen LogP contribution in [0.25, 0.3) is 0 Å². The van der Waals surface area contributed by atoms with Crippen molar-refractivity contribution in [3.05, 3.63) is 22.7 Å². The van der Waals surface area contributed by atoms with Gasteiger partial charge in [-0.1, -0.05) is 11.6 Å². The van der Waals surface area contributed by atoms with Gasteiger partial charge in [-0.25, -0.2) is 9.59 Å².